The molecular formula is C16H18Cl2N2O. The minimum atomic E-state index is 0.464. The lowest BCUT2D eigenvalue weighted by molar-refractivity contribution is 0.460. The van der Waals surface area contributed by atoms with Crippen LogP contribution in [0.1, 0.15) is 24.6 Å². The van der Waals surface area contributed by atoms with Crippen molar-refractivity contribution in [3.63, 3.8) is 0 Å². The largest absolute Gasteiger partial charge is 0.439 e. The van der Waals surface area contributed by atoms with E-state index in [1.165, 1.54) is 0 Å². The number of ether oxygens (including phenoxy) is 1. The van der Waals surface area contributed by atoms with Crippen LogP contribution in [0.3, 0.4) is 0 Å². The molecule has 1 aromatic heterocycles. The lowest BCUT2D eigenvalue weighted by Gasteiger charge is -2.09. The molecule has 5 heteroatoms. The Bertz CT molecular complexity index is 617. The number of nitrogens with zero attached hydrogens (tertiary/aromatic N) is 1. The Morgan fingerprint density at radius 3 is 2.67 bits per heavy atom. The van der Waals surface area contributed by atoms with Crippen LogP contribution >= 0.6 is 23.2 Å². The minimum Gasteiger partial charge on any atom is -0.439 e. The van der Waals surface area contributed by atoms with Crippen molar-refractivity contribution in [1.82, 2.24) is 10.3 Å². The second kappa shape index (κ2) is 7.64. The molecule has 0 bridgehead atoms. The monoisotopic (exact) mass is 324 g/mol. The van der Waals surface area contributed by atoms with Crippen molar-refractivity contribution in [3.8, 4) is 11.6 Å². The zero-order valence-corrected chi connectivity index (χ0v) is 13.6. The summed E-state index contributed by atoms with van der Waals surface area (Å²) in [5.74, 6) is 1.18. The zero-order chi connectivity index (χ0) is 15.2. The molecule has 3 nitrogen and oxygen atoms in total. The lowest BCUT2D eigenvalue weighted by atomic mass is 10.2. The number of hydrogen-bond acceptors (Lipinski definition) is 3. The van der Waals surface area contributed by atoms with E-state index in [0.29, 0.717) is 21.7 Å². The van der Waals surface area contributed by atoms with Crippen LogP contribution < -0.4 is 10.1 Å². The topological polar surface area (TPSA) is 34.2 Å². The van der Waals surface area contributed by atoms with Gasteiger partial charge in [-0.1, -0.05) is 30.1 Å². The van der Waals surface area contributed by atoms with Gasteiger partial charge in [-0.3, -0.25) is 0 Å². The molecule has 0 unspecified atom stereocenters. The number of rotatable bonds is 6. The first-order chi connectivity index (χ1) is 10.1. The van der Waals surface area contributed by atoms with Crippen LogP contribution in [0.15, 0.2) is 30.3 Å². The number of halogens is 2. The summed E-state index contributed by atoms with van der Waals surface area (Å²) >= 11 is 11.9. The SMILES string of the molecule is CCCNCc1cc(C)nc(Oc2ccc(Cl)c(Cl)c2)c1. The van der Waals surface area contributed by atoms with E-state index in [9.17, 15) is 0 Å². The molecular weight excluding hydrogens is 307 g/mol. The smallest absolute Gasteiger partial charge is 0.219 e. The van der Waals surface area contributed by atoms with Gasteiger partial charge in [0.1, 0.15) is 5.75 Å². The molecule has 2 rings (SSSR count). The molecule has 0 aliphatic rings. The van der Waals surface area contributed by atoms with Crippen LogP contribution in [0.2, 0.25) is 10.0 Å². The van der Waals surface area contributed by atoms with E-state index in [0.717, 1.165) is 30.8 Å². The van der Waals surface area contributed by atoms with Gasteiger partial charge in [-0.05, 0) is 43.7 Å². The maximum absolute atomic E-state index is 5.98. The summed E-state index contributed by atoms with van der Waals surface area (Å²) in [6.45, 7) is 5.88. The van der Waals surface area contributed by atoms with Crippen LogP contribution in [0, 0.1) is 6.92 Å². The van der Waals surface area contributed by atoms with Crippen molar-refractivity contribution < 1.29 is 4.74 Å². The van der Waals surface area contributed by atoms with Crippen molar-refractivity contribution in [3.05, 3.63) is 51.6 Å². The van der Waals surface area contributed by atoms with E-state index >= 15 is 0 Å². The molecule has 0 aliphatic heterocycles. The number of hydrogen-bond donors (Lipinski definition) is 1. The summed E-state index contributed by atoms with van der Waals surface area (Å²) in [7, 11) is 0. The van der Waals surface area contributed by atoms with Gasteiger partial charge in [0.15, 0.2) is 0 Å². The molecule has 0 spiro atoms. The highest BCUT2D eigenvalue weighted by molar-refractivity contribution is 6.42. The Kier molecular flexibility index (Phi) is 5.85. The van der Waals surface area contributed by atoms with Crippen molar-refractivity contribution in [1.29, 1.82) is 0 Å². The molecule has 0 saturated carbocycles. The average Bonchev–Trinajstić information content (AvgIpc) is 2.43. The molecule has 0 radical (unpaired) electrons. The predicted octanol–water partition coefficient (Wildman–Crippen LogP) is 4.99. The Morgan fingerprint density at radius 1 is 1.14 bits per heavy atom. The molecule has 1 N–H and O–H groups in total. The molecule has 21 heavy (non-hydrogen) atoms. The normalized spacial score (nSPS) is 10.7. The van der Waals surface area contributed by atoms with Gasteiger partial charge in [0.2, 0.25) is 5.88 Å². The molecule has 0 aliphatic carbocycles. The average molecular weight is 325 g/mol. The number of pyridine rings is 1. The van der Waals surface area contributed by atoms with E-state index in [-0.39, 0.29) is 0 Å². The zero-order valence-electron chi connectivity index (χ0n) is 12.1. The highest BCUT2D eigenvalue weighted by Crippen LogP contribution is 2.29. The van der Waals surface area contributed by atoms with Crippen LogP contribution in [-0.4, -0.2) is 11.5 Å². The number of aryl methyl sites for hydroxylation is 1. The summed E-state index contributed by atoms with van der Waals surface area (Å²) in [4.78, 5) is 4.38. The molecule has 2 aromatic rings. The maximum Gasteiger partial charge on any atom is 0.219 e. The predicted molar refractivity (Wildman–Crippen MR) is 87.5 cm³/mol. The fraction of sp³-hybridized carbons (Fsp3) is 0.312. The van der Waals surface area contributed by atoms with Crippen LogP contribution in [0.25, 0.3) is 0 Å². The fourth-order valence-corrected chi connectivity index (χ4v) is 2.22. The third-order valence-electron chi connectivity index (χ3n) is 2.86. The van der Waals surface area contributed by atoms with Gasteiger partial charge >= 0.3 is 0 Å². The second-order valence-corrected chi connectivity index (χ2v) is 5.62. The summed E-state index contributed by atoms with van der Waals surface area (Å²) in [5.41, 5.74) is 2.06. The van der Waals surface area contributed by atoms with Gasteiger partial charge in [0, 0.05) is 24.4 Å². The van der Waals surface area contributed by atoms with Gasteiger partial charge in [-0.15, -0.1) is 0 Å². The van der Waals surface area contributed by atoms with E-state index in [1.54, 1.807) is 18.2 Å². The van der Waals surface area contributed by atoms with Crippen LogP contribution in [0.4, 0.5) is 0 Å². The minimum absolute atomic E-state index is 0.464. The summed E-state index contributed by atoms with van der Waals surface area (Å²) in [5, 5.41) is 4.33. The van der Waals surface area contributed by atoms with E-state index in [1.807, 2.05) is 19.1 Å². The Hall–Kier alpha value is -1.29. The molecule has 0 atom stereocenters. The molecule has 1 aromatic carbocycles. The third kappa shape index (κ3) is 4.88. The van der Waals surface area contributed by atoms with Crippen LogP contribution in [0.5, 0.6) is 11.6 Å². The summed E-state index contributed by atoms with van der Waals surface area (Å²) in [6, 6.07) is 9.14. The summed E-state index contributed by atoms with van der Waals surface area (Å²) < 4.78 is 5.76. The van der Waals surface area contributed by atoms with Gasteiger partial charge in [0.25, 0.3) is 0 Å². The van der Waals surface area contributed by atoms with Crippen LogP contribution in [-0.2, 0) is 6.54 Å². The van der Waals surface area contributed by atoms with E-state index in [4.69, 9.17) is 27.9 Å². The van der Waals surface area contributed by atoms with Crippen molar-refractivity contribution in [2.75, 3.05) is 6.54 Å². The van der Waals surface area contributed by atoms with Gasteiger partial charge < -0.3 is 10.1 Å². The molecule has 112 valence electrons. The number of aromatic nitrogens is 1. The summed E-state index contributed by atoms with van der Waals surface area (Å²) in [6.07, 6.45) is 1.11. The third-order valence-corrected chi connectivity index (χ3v) is 3.60. The Morgan fingerprint density at radius 2 is 1.95 bits per heavy atom. The van der Waals surface area contributed by atoms with Crippen molar-refractivity contribution in [2.45, 2.75) is 26.8 Å². The quantitative estimate of drug-likeness (QED) is 0.760. The fourth-order valence-electron chi connectivity index (χ4n) is 1.93. The highest BCUT2D eigenvalue weighted by atomic mass is 35.5. The van der Waals surface area contributed by atoms with Crippen molar-refractivity contribution >= 4 is 23.2 Å². The Balaban J connectivity index is 2.13. The number of nitrogens with one attached hydrogen (secondary N) is 1. The molecule has 0 fully saturated rings. The maximum atomic E-state index is 5.98. The molecule has 1 heterocycles. The first-order valence-corrected chi connectivity index (χ1v) is 7.65. The van der Waals surface area contributed by atoms with Crippen molar-refractivity contribution in [2.24, 2.45) is 0 Å². The van der Waals surface area contributed by atoms with Gasteiger partial charge in [-0.2, -0.15) is 0 Å². The van der Waals surface area contributed by atoms with E-state index in [2.05, 4.69) is 17.2 Å². The number of benzene rings is 1. The van der Waals surface area contributed by atoms with Gasteiger partial charge in [0.05, 0.1) is 10.0 Å². The first-order valence-electron chi connectivity index (χ1n) is 6.89. The molecule has 0 saturated heterocycles. The molecule has 0 amide bonds. The Labute approximate surface area is 135 Å². The first kappa shape index (κ1) is 16.1. The second-order valence-electron chi connectivity index (χ2n) is 4.81. The highest BCUT2D eigenvalue weighted by Gasteiger charge is 2.05. The van der Waals surface area contributed by atoms with Gasteiger partial charge in [-0.25, -0.2) is 4.98 Å². The standard InChI is InChI=1S/C16H18Cl2N2O/c1-3-6-19-10-12-7-11(2)20-16(8-12)21-13-4-5-14(17)15(18)9-13/h4-5,7-9,19H,3,6,10H2,1-2H3. The lowest BCUT2D eigenvalue weighted by Crippen LogP contribution is -2.14. The van der Waals surface area contributed by atoms with E-state index < -0.39 is 0 Å².